The van der Waals surface area contributed by atoms with Crippen LogP contribution in [0.5, 0.6) is 0 Å². The predicted molar refractivity (Wildman–Crippen MR) is 58.7 cm³/mol. The number of ketones is 1. The van der Waals surface area contributed by atoms with Crippen LogP contribution < -0.4 is 5.73 Å². The van der Waals surface area contributed by atoms with E-state index in [9.17, 15) is 9.18 Å². The molecule has 1 aromatic carbocycles. The Morgan fingerprint density at radius 1 is 1.50 bits per heavy atom. The van der Waals surface area contributed by atoms with Crippen LogP contribution in [0.1, 0.15) is 23.2 Å². The Kier molecular flexibility index (Phi) is 3.19. The van der Waals surface area contributed by atoms with E-state index < -0.39 is 5.82 Å². The predicted octanol–water partition coefficient (Wildman–Crippen LogP) is 2.02. The number of nitrogens with two attached hydrogens (primary N) is 1. The molecule has 1 aromatic rings. The van der Waals surface area contributed by atoms with Crippen molar-refractivity contribution in [3.8, 4) is 0 Å². The van der Waals surface area contributed by atoms with Crippen LogP contribution in [0.4, 0.5) is 10.1 Å². The average molecular weight is 223 g/mol. The first-order valence-electron chi connectivity index (χ1n) is 5.35. The minimum Gasteiger partial charge on any atom is -0.398 e. The molecule has 0 aliphatic carbocycles. The van der Waals surface area contributed by atoms with E-state index in [1.165, 1.54) is 18.2 Å². The van der Waals surface area contributed by atoms with Crippen LogP contribution in [-0.4, -0.2) is 19.0 Å². The normalized spacial score (nSPS) is 20.7. The Balaban J connectivity index is 2.22. The standard InChI is InChI=1S/C12H14FNO2/c13-9-3-4-11(14)10(6-9)12(15)8-2-1-5-16-7-8/h3-4,6,8H,1-2,5,7,14H2. The molecule has 0 saturated carbocycles. The first kappa shape index (κ1) is 11.1. The third-order valence-corrected chi connectivity index (χ3v) is 2.81. The molecule has 4 heteroatoms. The van der Waals surface area contributed by atoms with Gasteiger partial charge in [0.05, 0.1) is 6.61 Å². The number of benzene rings is 1. The van der Waals surface area contributed by atoms with Gasteiger partial charge in [-0.25, -0.2) is 4.39 Å². The molecule has 1 heterocycles. The molecule has 2 N–H and O–H groups in total. The monoisotopic (exact) mass is 223 g/mol. The van der Waals surface area contributed by atoms with Gasteiger partial charge in [0, 0.05) is 23.8 Å². The molecule has 0 aromatic heterocycles. The first-order valence-corrected chi connectivity index (χ1v) is 5.35. The van der Waals surface area contributed by atoms with Crippen molar-refractivity contribution >= 4 is 11.5 Å². The zero-order valence-corrected chi connectivity index (χ0v) is 8.91. The fraction of sp³-hybridized carbons (Fsp3) is 0.417. The highest BCUT2D eigenvalue weighted by atomic mass is 19.1. The molecule has 86 valence electrons. The van der Waals surface area contributed by atoms with Crippen LogP contribution in [0.2, 0.25) is 0 Å². The highest BCUT2D eigenvalue weighted by Crippen LogP contribution is 2.23. The fourth-order valence-corrected chi connectivity index (χ4v) is 1.91. The summed E-state index contributed by atoms with van der Waals surface area (Å²) in [7, 11) is 0. The Labute approximate surface area is 93.4 Å². The summed E-state index contributed by atoms with van der Waals surface area (Å²) in [4.78, 5) is 12.0. The summed E-state index contributed by atoms with van der Waals surface area (Å²) in [5, 5.41) is 0. The van der Waals surface area contributed by atoms with Gasteiger partial charge in [-0.05, 0) is 31.0 Å². The van der Waals surface area contributed by atoms with E-state index in [1.54, 1.807) is 0 Å². The zero-order valence-electron chi connectivity index (χ0n) is 8.91. The summed E-state index contributed by atoms with van der Waals surface area (Å²) in [5.41, 5.74) is 6.27. The maximum Gasteiger partial charge on any atom is 0.170 e. The van der Waals surface area contributed by atoms with Crippen LogP contribution in [0.3, 0.4) is 0 Å². The molecular formula is C12H14FNO2. The number of hydrogen-bond acceptors (Lipinski definition) is 3. The van der Waals surface area contributed by atoms with Crippen molar-refractivity contribution in [1.82, 2.24) is 0 Å². The molecule has 1 aliphatic rings. The largest absolute Gasteiger partial charge is 0.398 e. The number of hydrogen-bond donors (Lipinski definition) is 1. The van der Waals surface area contributed by atoms with Crippen molar-refractivity contribution in [2.45, 2.75) is 12.8 Å². The molecule has 1 aliphatic heterocycles. The summed E-state index contributed by atoms with van der Waals surface area (Å²) < 4.78 is 18.3. The minimum absolute atomic E-state index is 0.114. The van der Waals surface area contributed by atoms with Gasteiger partial charge in [-0.1, -0.05) is 0 Å². The Morgan fingerprint density at radius 3 is 3.00 bits per heavy atom. The highest BCUT2D eigenvalue weighted by Gasteiger charge is 2.24. The third kappa shape index (κ3) is 2.22. The summed E-state index contributed by atoms with van der Waals surface area (Å²) in [5.74, 6) is -0.733. The quantitative estimate of drug-likeness (QED) is 0.616. The van der Waals surface area contributed by atoms with Gasteiger partial charge < -0.3 is 10.5 Å². The van der Waals surface area contributed by atoms with Crippen LogP contribution in [0, 0.1) is 11.7 Å². The van der Waals surface area contributed by atoms with E-state index >= 15 is 0 Å². The lowest BCUT2D eigenvalue weighted by Gasteiger charge is -2.21. The number of ether oxygens (including phenoxy) is 1. The Bertz CT molecular complexity index is 400. The van der Waals surface area contributed by atoms with Crippen LogP contribution >= 0.6 is 0 Å². The third-order valence-electron chi connectivity index (χ3n) is 2.81. The molecule has 1 fully saturated rings. The molecule has 16 heavy (non-hydrogen) atoms. The maximum absolute atomic E-state index is 13.0. The van der Waals surface area contributed by atoms with Crippen molar-refractivity contribution in [2.75, 3.05) is 18.9 Å². The van der Waals surface area contributed by atoms with Crippen molar-refractivity contribution in [3.63, 3.8) is 0 Å². The number of nitrogen functional groups attached to an aromatic ring is 1. The van der Waals surface area contributed by atoms with E-state index in [4.69, 9.17) is 10.5 Å². The summed E-state index contributed by atoms with van der Waals surface area (Å²) in [6.07, 6.45) is 1.65. The van der Waals surface area contributed by atoms with Crippen molar-refractivity contribution in [1.29, 1.82) is 0 Å². The van der Waals surface area contributed by atoms with Gasteiger partial charge in [-0.3, -0.25) is 4.79 Å². The van der Waals surface area contributed by atoms with Gasteiger partial charge in [-0.2, -0.15) is 0 Å². The second kappa shape index (κ2) is 4.61. The molecule has 0 amide bonds. The van der Waals surface area contributed by atoms with Crippen molar-refractivity contribution in [2.24, 2.45) is 5.92 Å². The highest BCUT2D eigenvalue weighted by molar-refractivity contribution is 6.02. The first-order chi connectivity index (χ1) is 7.68. The smallest absolute Gasteiger partial charge is 0.170 e. The van der Waals surface area contributed by atoms with E-state index in [0.717, 1.165) is 12.8 Å². The molecule has 0 radical (unpaired) electrons. The second-order valence-electron chi connectivity index (χ2n) is 4.01. The summed E-state index contributed by atoms with van der Waals surface area (Å²) in [6, 6.07) is 3.88. The van der Waals surface area contributed by atoms with E-state index in [0.29, 0.717) is 18.9 Å². The number of carbonyl (C=O) groups is 1. The zero-order chi connectivity index (χ0) is 11.5. The minimum atomic E-state index is -0.436. The number of carbonyl (C=O) groups excluding carboxylic acids is 1. The van der Waals surface area contributed by atoms with Crippen LogP contribution in [-0.2, 0) is 4.74 Å². The lowest BCUT2D eigenvalue weighted by Crippen LogP contribution is -2.26. The lowest BCUT2D eigenvalue weighted by atomic mass is 9.92. The van der Waals surface area contributed by atoms with E-state index in [-0.39, 0.29) is 17.3 Å². The number of halogens is 1. The Morgan fingerprint density at radius 2 is 2.31 bits per heavy atom. The van der Waals surface area contributed by atoms with E-state index in [2.05, 4.69) is 0 Å². The van der Waals surface area contributed by atoms with Gasteiger partial charge in [0.1, 0.15) is 5.82 Å². The average Bonchev–Trinajstić information content (AvgIpc) is 2.32. The molecule has 2 rings (SSSR count). The van der Waals surface area contributed by atoms with Crippen molar-refractivity contribution < 1.29 is 13.9 Å². The topological polar surface area (TPSA) is 52.3 Å². The SMILES string of the molecule is Nc1ccc(F)cc1C(=O)C1CCCOC1. The summed E-state index contributed by atoms with van der Waals surface area (Å²) >= 11 is 0. The summed E-state index contributed by atoms with van der Waals surface area (Å²) in [6.45, 7) is 1.11. The van der Waals surface area contributed by atoms with Gasteiger partial charge >= 0.3 is 0 Å². The van der Waals surface area contributed by atoms with Gasteiger partial charge in [0.2, 0.25) is 0 Å². The molecule has 1 atom stereocenters. The van der Waals surface area contributed by atoms with Gasteiger partial charge in [-0.15, -0.1) is 0 Å². The molecular weight excluding hydrogens is 209 g/mol. The molecule has 1 unspecified atom stereocenters. The number of Topliss-reactive ketones (excluding diaryl/α,β-unsaturated/α-hetero) is 1. The molecule has 1 saturated heterocycles. The van der Waals surface area contributed by atoms with Gasteiger partial charge in [0.15, 0.2) is 5.78 Å². The van der Waals surface area contributed by atoms with Crippen LogP contribution in [0.15, 0.2) is 18.2 Å². The molecule has 0 bridgehead atoms. The Hall–Kier alpha value is -1.42. The molecule has 0 spiro atoms. The lowest BCUT2D eigenvalue weighted by molar-refractivity contribution is 0.0461. The van der Waals surface area contributed by atoms with Crippen molar-refractivity contribution in [3.05, 3.63) is 29.6 Å². The molecule has 3 nitrogen and oxygen atoms in total. The van der Waals surface area contributed by atoms with E-state index in [1.807, 2.05) is 0 Å². The maximum atomic E-state index is 13.0. The van der Waals surface area contributed by atoms with Gasteiger partial charge in [0.25, 0.3) is 0 Å². The number of anilines is 1. The van der Waals surface area contributed by atoms with Crippen LogP contribution in [0.25, 0.3) is 0 Å². The fourth-order valence-electron chi connectivity index (χ4n) is 1.91. The number of rotatable bonds is 2. The second-order valence-corrected chi connectivity index (χ2v) is 4.01.